The van der Waals surface area contributed by atoms with Crippen molar-refractivity contribution in [1.82, 2.24) is 5.43 Å². The van der Waals surface area contributed by atoms with Crippen LogP contribution in [0.1, 0.15) is 37.8 Å². The van der Waals surface area contributed by atoms with Gasteiger partial charge in [0.1, 0.15) is 5.75 Å². The van der Waals surface area contributed by atoms with E-state index in [1.807, 2.05) is 55.5 Å². The Morgan fingerprint density at radius 1 is 1.17 bits per heavy atom. The van der Waals surface area contributed by atoms with Crippen LogP contribution < -0.4 is 10.2 Å². The molecular formula is C19H21BrN2O2. The summed E-state index contributed by atoms with van der Waals surface area (Å²) < 4.78 is 6.63. The van der Waals surface area contributed by atoms with Crippen LogP contribution in [0.2, 0.25) is 0 Å². The number of rotatable bonds is 6. The second-order valence-electron chi connectivity index (χ2n) is 5.72. The van der Waals surface area contributed by atoms with Gasteiger partial charge in [0.05, 0.1) is 5.71 Å². The highest BCUT2D eigenvalue weighted by molar-refractivity contribution is 9.10. The third kappa shape index (κ3) is 5.20. The second kappa shape index (κ2) is 8.64. The van der Waals surface area contributed by atoms with E-state index in [1.54, 1.807) is 0 Å². The number of carbonyl (C=O) groups is 1. The molecule has 1 N–H and O–H groups in total. The van der Waals surface area contributed by atoms with Crippen molar-refractivity contribution in [2.24, 2.45) is 5.10 Å². The molecule has 2 rings (SSSR count). The molecule has 0 unspecified atom stereocenters. The monoisotopic (exact) mass is 388 g/mol. The standard InChI is InChI=1S/C19H21BrN2O2/c1-13(2)17-6-4-5-7-18(17)24-12-19(23)22-21-14(3)15-8-10-16(20)11-9-15/h4-11,13H,12H2,1-3H3,(H,22,23)/b21-14+. The van der Waals surface area contributed by atoms with Crippen molar-refractivity contribution in [2.75, 3.05) is 6.61 Å². The lowest BCUT2D eigenvalue weighted by molar-refractivity contribution is -0.123. The highest BCUT2D eigenvalue weighted by Crippen LogP contribution is 2.25. The van der Waals surface area contributed by atoms with Crippen LogP contribution in [-0.4, -0.2) is 18.2 Å². The van der Waals surface area contributed by atoms with Crippen LogP contribution in [0.15, 0.2) is 58.1 Å². The Morgan fingerprint density at radius 3 is 2.50 bits per heavy atom. The van der Waals surface area contributed by atoms with Crippen molar-refractivity contribution < 1.29 is 9.53 Å². The molecule has 0 heterocycles. The van der Waals surface area contributed by atoms with Crippen molar-refractivity contribution >= 4 is 27.5 Å². The van der Waals surface area contributed by atoms with Gasteiger partial charge in [-0.05, 0) is 42.2 Å². The number of para-hydroxylation sites is 1. The first kappa shape index (κ1) is 18.2. The number of halogens is 1. The van der Waals surface area contributed by atoms with E-state index in [4.69, 9.17) is 4.74 Å². The number of nitrogens with zero attached hydrogens (tertiary/aromatic N) is 1. The molecule has 0 bridgehead atoms. The molecule has 126 valence electrons. The number of nitrogens with one attached hydrogen (secondary N) is 1. The molecule has 0 aromatic heterocycles. The molecule has 0 aliphatic carbocycles. The van der Waals surface area contributed by atoms with Crippen molar-refractivity contribution in [3.05, 3.63) is 64.1 Å². The quantitative estimate of drug-likeness (QED) is 0.585. The highest BCUT2D eigenvalue weighted by Gasteiger charge is 2.09. The number of hydrazone groups is 1. The first-order chi connectivity index (χ1) is 11.5. The van der Waals surface area contributed by atoms with Gasteiger partial charge < -0.3 is 4.74 Å². The van der Waals surface area contributed by atoms with Crippen molar-refractivity contribution in [3.63, 3.8) is 0 Å². The third-order valence-corrected chi connectivity index (χ3v) is 4.04. The van der Waals surface area contributed by atoms with Gasteiger partial charge in [-0.2, -0.15) is 5.10 Å². The Balaban J connectivity index is 1.92. The van der Waals surface area contributed by atoms with Crippen LogP contribution in [0, 0.1) is 0 Å². The van der Waals surface area contributed by atoms with E-state index >= 15 is 0 Å². The zero-order chi connectivity index (χ0) is 17.5. The van der Waals surface area contributed by atoms with Gasteiger partial charge in [-0.25, -0.2) is 5.43 Å². The summed E-state index contributed by atoms with van der Waals surface area (Å²) in [5.74, 6) is 0.781. The molecule has 0 fully saturated rings. The van der Waals surface area contributed by atoms with E-state index < -0.39 is 0 Å². The molecule has 0 atom stereocenters. The maximum atomic E-state index is 11.9. The van der Waals surface area contributed by atoms with Crippen LogP contribution in [0.4, 0.5) is 0 Å². The summed E-state index contributed by atoms with van der Waals surface area (Å²) >= 11 is 3.39. The molecule has 2 aromatic carbocycles. The van der Waals surface area contributed by atoms with E-state index in [0.29, 0.717) is 5.92 Å². The van der Waals surface area contributed by atoms with Crippen LogP contribution in [0.5, 0.6) is 5.75 Å². The maximum Gasteiger partial charge on any atom is 0.277 e. The number of ether oxygens (including phenoxy) is 1. The van der Waals surface area contributed by atoms with Crippen LogP contribution >= 0.6 is 15.9 Å². The van der Waals surface area contributed by atoms with Gasteiger partial charge in [0.15, 0.2) is 6.61 Å². The van der Waals surface area contributed by atoms with E-state index in [-0.39, 0.29) is 12.5 Å². The van der Waals surface area contributed by atoms with Gasteiger partial charge in [-0.1, -0.05) is 60.1 Å². The number of carbonyl (C=O) groups excluding carboxylic acids is 1. The molecule has 0 spiro atoms. The highest BCUT2D eigenvalue weighted by atomic mass is 79.9. The lowest BCUT2D eigenvalue weighted by Crippen LogP contribution is -2.25. The zero-order valence-corrected chi connectivity index (χ0v) is 15.6. The van der Waals surface area contributed by atoms with Gasteiger partial charge in [-0.3, -0.25) is 4.79 Å². The molecule has 0 radical (unpaired) electrons. The number of hydrogen-bond donors (Lipinski definition) is 1. The van der Waals surface area contributed by atoms with Gasteiger partial charge in [-0.15, -0.1) is 0 Å². The van der Waals surface area contributed by atoms with E-state index in [1.165, 1.54) is 0 Å². The summed E-state index contributed by atoms with van der Waals surface area (Å²) in [5, 5.41) is 4.12. The molecule has 0 aliphatic rings. The lowest BCUT2D eigenvalue weighted by Gasteiger charge is -2.13. The minimum absolute atomic E-state index is 0.0686. The number of benzene rings is 2. The maximum absolute atomic E-state index is 11.9. The SMILES string of the molecule is C/C(=N\NC(=O)COc1ccccc1C(C)C)c1ccc(Br)cc1. The normalized spacial score (nSPS) is 11.5. The second-order valence-corrected chi connectivity index (χ2v) is 6.64. The Labute approximate surface area is 151 Å². The Morgan fingerprint density at radius 2 is 1.83 bits per heavy atom. The van der Waals surface area contributed by atoms with Crippen LogP contribution in [-0.2, 0) is 4.79 Å². The minimum Gasteiger partial charge on any atom is -0.483 e. The lowest BCUT2D eigenvalue weighted by atomic mass is 10.0. The summed E-state index contributed by atoms with van der Waals surface area (Å²) in [4.78, 5) is 11.9. The summed E-state index contributed by atoms with van der Waals surface area (Å²) in [6.07, 6.45) is 0. The fourth-order valence-corrected chi connectivity index (χ4v) is 2.43. The van der Waals surface area contributed by atoms with Crippen molar-refractivity contribution in [2.45, 2.75) is 26.7 Å². The predicted octanol–water partition coefficient (Wildman–Crippen LogP) is 4.49. The van der Waals surface area contributed by atoms with Gasteiger partial charge >= 0.3 is 0 Å². The van der Waals surface area contributed by atoms with E-state index in [2.05, 4.69) is 40.3 Å². The largest absolute Gasteiger partial charge is 0.483 e. The third-order valence-electron chi connectivity index (χ3n) is 3.51. The van der Waals surface area contributed by atoms with Crippen molar-refractivity contribution in [3.8, 4) is 5.75 Å². The number of hydrogen-bond acceptors (Lipinski definition) is 3. The average Bonchev–Trinajstić information content (AvgIpc) is 2.58. The summed E-state index contributed by atoms with van der Waals surface area (Å²) in [6.45, 7) is 5.96. The Kier molecular flexibility index (Phi) is 6.55. The zero-order valence-electron chi connectivity index (χ0n) is 14.0. The van der Waals surface area contributed by atoms with E-state index in [0.717, 1.165) is 27.1 Å². The smallest absolute Gasteiger partial charge is 0.277 e. The Bertz CT molecular complexity index is 724. The van der Waals surface area contributed by atoms with Crippen LogP contribution in [0.25, 0.3) is 0 Å². The van der Waals surface area contributed by atoms with Gasteiger partial charge in [0.25, 0.3) is 5.91 Å². The molecule has 2 aromatic rings. The average molecular weight is 389 g/mol. The fraction of sp³-hybridized carbons (Fsp3) is 0.263. The Hall–Kier alpha value is -2.14. The molecule has 0 saturated carbocycles. The molecule has 1 amide bonds. The van der Waals surface area contributed by atoms with Crippen LogP contribution in [0.3, 0.4) is 0 Å². The minimum atomic E-state index is -0.287. The summed E-state index contributed by atoms with van der Waals surface area (Å²) in [5.41, 5.74) is 5.29. The first-order valence-corrected chi connectivity index (χ1v) is 8.57. The molecule has 4 nitrogen and oxygen atoms in total. The van der Waals surface area contributed by atoms with Gasteiger partial charge in [0.2, 0.25) is 0 Å². The molecule has 24 heavy (non-hydrogen) atoms. The topological polar surface area (TPSA) is 50.7 Å². The molecule has 0 saturated heterocycles. The number of amides is 1. The first-order valence-electron chi connectivity index (χ1n) is 7.78. The van der Waals surface area contributed by atoms with E-state index in [9.17, 15) is 4.79 Å². The molecule has 5 heteroatoms. The molecular weight excluding hydrogens is 368 g/mol. The summed E-state index contributed by atoms with van der Waals surface area (Å²) in [6, 6.07) is 15.5. The fourth-order valence-electron chi connectivity index (χ4n) is 2.17. The molecule has 0 aliphatic heterocycles. The summed E-state index contributed by atoms with van der Waals surface area (Å²) in [7, 11) is 0. The van der Waals surface area contributed by atoms with Crippen molar-refractivity contribution in [1.29, 1.82) is 0 Å². The predicted molar refractivity (Wildman–Crippen MR) is 101 cm³/mol. The van der Waals surface area contributed by atoms with Gasteiger partial charge in [0, 0.05) is 4.47 Å².